The summed E-state index contributed by atoms with van der Waals surface area (Å²) >= 11 is 1.73. The van der Waals surface area contributed by atoms with Gasteiger partial charge in [0.25, 0.3) is 0 Å². The Balaban J connectivity index is 0.00000312. The van der Waals surface area contributed by atoms with Crippen LogP contribution in [0.5, 0.6) is 0 Å². The van der Waals surface area contributed by atoms with Gasteiger partial charge in [0.1, 0.15) is 0 Å². The average Bonchev–Trinajstić information content (AvgIpc) is 3.26. The van der Waals surface area contributed by atoms with Gasteiger partial charge < -0.3 is 15.5 Å². The molecule has 1 saturated heterocycles. The quantitative estimate of drug-likeness (QED) is 0.342. The fraction of sp³-hybridized carbons (Fsp3) is 0.667. The molecule has 0 radical (unpaired) electrons. The zero-order chi connectivity index (χ0) is 17.4. The van der Waals surface area contributed by atoms with Gasteiger partial charge in [0, 0.05) is 39.1 Å². The van der Waals surface area contributed by atoms with E-state index in [4.69, 9.17) is 0 Å². The maximum absolute atomic E-state index is 11.9. The van der Waals surface area contributed by atoms with Crippen LogP contribution in [0.4, 0.5) is 0 Å². The van der Waals surface area contributed by atoms with E-state index in [1.807, 2.05) is 0 Å². The van der Waals surface area contributed by atoms with Gasteiger partial charge >= 0.3 is 0 Å². The Morgan fingerprint density at radius 3 is 2.80 bits per heavy atom. The molecule has 0 spiro atoms. The number of amides is 1. The van der Waals surface area contributed by atoms with Crippen molar-refractivity contribution >= 4 is 47.2 Å². The molecule has 2 atom stereocenters. The van der Waals surface area contributed by atoms with E-state index in [1.165, 1.54) is 5.56 Å². The minimum absolute atomic E-state index is 0. The van der Waals surface area contributed by atoms with Gasteiger partial charge in [-0.25, -0.2) is 0 Å². The summed E-state index contributed by atoms with van der Waals surface area (Å²) in [7, 11) is 1.80. The van der Waals surface area contributed by atoms with E-state index < -0.39 is 0 Å². The third-order valence-electron chi connectivity index (χ3n) is 4.70. The van der Waals surface area contributed by atoms with Crippen molar-refractivity contribution in [3.8, 4) is 0 Å². The van der Waals surface area contributed by atoms with Gasteiger partial charge in [0.05, 0.1) is 0 Å². The summed E-state index contributed by atoms with van der Waals surface area (Å²) in [6.45, 7) is 6.98. The van der Waals surface area contributed by atoms with Crippen molar-refractivity contribution in [2.75, 3.05) is 26.7 Å². The highest BCUT2D eigenvalue weighted by molar-refractivity contribution is 14.0. The maximum atomic E-state index is 11.9. The van der Waals surface area contributed by atoms with Crippen LogP contribution in [0.1, 0.15) is 51.0 Å². The summed E-state index contributed by atoms with van der Waals surface area (Å²) in [5.41, 5.74) is 1.36. The van der Waals surface area contributed by atoms with Gasteiger partial charge in [-0.05, 0) is 47.6 Å². The van der Waals surface area contributed by atoms with Crippen molar-refractivity contribution in [1.82, 2.24) is 15.5 Å². The molecule has 2 heterocycles. The zero-order valence-corrected chi connectivity index (χ0v) is 18.6. The number of guanidine groups is 1. The molecule has 0 bridgehead atoms. The molecule has 5 nitrogen and oxygen atoms in total. The van der Waals surface area contributed by atoms with Crippen molar-refractivity contribution in [1.29, 1.82) is 0 Å². The minimum Gasteiger partial charge on any atom is -0.356 e. The van der Waals surface area contributed by atoms with E-state index in [2.05, 4.69) is 51.2 Å². The topological polar surface area (TPSA) is 56.7 Å². The molecule has 142 valence electrons. The molecule has 0 saturated carbocycles. The first-order chi connectivity index (χ1) is 11.7. The molecule has 1 aromatic heterocycles. The van der Waals surface area contributed by atoms with Gasteiger partial charge in [-0.2, -0.15) is 11.3 Å². The lowest BCUT2D eigenvalue weighted by molar-refractivity contribution is -0.129. The van der Waals surface area contributed by atoms with Crippen molar-refractivity contribution in [3.05, 3.63) is 22.4 Å². The van der Waals surface area contributed by atoms with Crippen LogP contribution >= 0.6 is 35.3 Å². The third kappa shape index (κ3) is 6.77. The van der Waals surface area contributed by atoms with E-state index in [0.717, 1.165) is 44.9 Å². The highest BCUT2D eigenvalue weighted by atomic mass is 127. The second-order valence-corrected chi connectivity index (χ2v) is 7.16. The Morgan fingerprint density at radius 1 is 1.44 bits per heavy atom. The van der Waals surface area contributed by atoms with Crippen molar-refractivity contribution < 1.29 is 4.79 Å². The molecule has 2 N–H and O–H groups in total. The van der Waals surface area contributed by atoms with Crippen LogP contribution in [0, 0.1) is 0 Å². The number of hydrogen-bond donors (Lipinski definition) is 2. The number of nitrogens with zero attached hydrogens (tertiary/aromatic N) is 2. The van der Waals surface area contributed by atoms with Gasteiger partial charge in [-0.15, -0.1) is 24.0 Å². The lowest BCUT2D eigenvalue weighted by Crippen LogP contribution is -2.42. The van der Waals surface area contributed by atoms with Crippen LogP contribution in [0.3, 0.4) is 0 Å². The van der Waals surface area contributed by atoms with Crippen molar-refractivity contribution in [3.63, 3.8) is 0 Å². The Kier molecular flexibility index (Phi) is 10.4. The second kappa shape index (κ2) is 11.7. The molecule has 25 heavy (non-hydrogen) atoms. The summed E-state index contributed by atoms with van der Waals surface area (Å²) in [6, 6.07) is 2.52. The normalized spacial score (nSPS) is 17.2. The van der Waals surface area contributed by atoms with Crippen LogP contribution in [0.2, 0.25) is 0 Å². The Morgan fingerprint density at radius 2 is 2.24 bits per heavy atom. The monoisotopic (exact) mass is 478 g/mol. The van der Waals surface area contributed by atoms with E-state index in [9.17, 15) is 4.79 Å². The Bertz CT molecular complexity index is 535. The van der Waals surface area contributed by atoms with Crippen LogP contribution < -0.4 is 10.6 Å². The molecule has 2 rings (SSSR count). The maximum Gasteiger partial charge on any atom is 0.222 e. The number of hydrogen-bond acceptors (Lipinski definition) is 3. The van der Waals surface area contributed by atoms with Crippen LogP contribution in [0.25, 0.3) is 0 Å². The van der Waals surface area contributed by atoms with Crippen molar-refractivity contribution in [2.45, 2.75) is 51.5 Å². The largest absolute Gasteiger partial charge is 0.356 e. The smallest absolute Gasteiger partial charge is 0.222 e. The van der Waals surface area contributed by atoms with E-state index in [1.54, 1.807) is 18.4 Å². The van der Waals surface area contributed by atoms with Gasteiger partial charge in [0.15, 0.2) is 5.96 Å². The summed E-state index contributed by atoms with van der Waals surface area (Å²) in [4.78, 5) is 18.2. The zero-order valence-electron chi connectivity index (χ0n) is 15.5. The summed E-state index contributed by atoms with van der Waals surface area (Å²) in [6.07, 6.45) is 3.69. The lowest BCUT2D eigenvalue weighted by Gasteiger charge is -2.27. The average molecular weight is 478 g/mol. The first-order valence-corrected chi connectivity index (χ1v) is 9.86. The number of rotatable bonds is 8. The number of carbonyl (C=O) groups is 1. The van der Waals surface area contributed by atoms with Crippen LogP contribution in [-0.4, -0.2) is 49.5 Å². The highest BCUT2D eigenvalue weighted by Gasteiger charge is 2.26. The molecule has 0 aromatic carbocycles. The summed E-state index contributed by atoms with van der Waals surface area (Å²) in [5.74, 6) is 1.61. The number of aliphatic imine (C=N–C) groups is 1. The predicted octanol–water partition coefficient (Wildman–Crippen LogP) is 3.43. The number of nitrogens with one attached hydrogen (secondary N) is 2. The van der Waals surface area contributed by atoms with Crippen LogP contribution in [-0.2, 0) is 4.79 Å². The fourth-order valence-electron chi connectivity index (χ4n) is 3.14. The lowest BCUT2D eigenvalue weighted by atomic mass is 10.1. The molecule has 1 aliphatic heterocycles. The second-order valence-electron chi connectivity index (χ2n) is 6.38. The number of likely N-dealkylation sites (tertiary alicyclic amines) is 1. The summed E-state index contributed by atoms with van der Waals surface area (Å²) in [5, 5.41) is 11.1. The predicted molar refractivity (Wildman–Crippen MR) is 117 cm³/mol. The molecular weight excluding hydrogens is 447 g/mol. The number of thiophene rings is 1. The number of carbonyl (C=O) groups excluding carboxylic acids is 1. The molecule has 0 aliphatic carbocycles. The van der Waals surface area contributed by atoms with Crippen LogP contribution in [0.15, 0.2) is 21.8 Å². The van der Waals surface area contributed by atoms with E-state index in [-0.39, 0.29) is 24.0 Å². The minimum atomic E-state index is 0. The number of halogens is 1. The fourth-order valence-corrected chi connectivity index (χ4v) is 3.92. The Hall–Kier alpha value is -0.830. The van der Waals surface area contributed by atoms with E-state index >= 15 is 0 Å². The molecule has 1 fully saturated rings. The first kappa shape index (κ1) is 22.2. The molecule has 1 aromatic rings. The molecule has 1 aliphatic rings. The van der Waals surface area contributed by atoms with Gasteiger partial charge in [-0.1, -0.05) is 13.8 Å². The molecule has 7 heteroatoms. The third-order valence-corrected chi connectivity index (χ3v) is 5.41. The van der Waals surface area contributed by atoms with Gasteiger partial charge in [-0.3, -0.25) is 9.79 Å². The van der Waals surface area contributed by atoms with Crippen molar-refractivity contribution in [2.24, 2.45) is 4.99 Å². The molecular formula is C18H31IN4OS. The highest BCUT2D eigenvalue weighted by Crippen LogP contribution is 2.18. The van der Waals surface area contributed by atoms with Gasteiger partial charge in [0.2, 0.25) is 5.91 Å². The molecule has 2 unspecified atom stereocenters. The first-order valence-electron chi connectivity index (χ1n) is 8.91. The standard InChI is InChI=1S/C18H30N4OS.HI/c1-4-16(22-10-5-6-17(22)23)7-9-20-18(19-3)21-12-14(2)15-8-11-24-13-15;/h8,11,13-14,16H,4-7,9-10,12H2,1-3H3,(H2,19,20,21);1H. The Labute approximate surface area is 172 Å². The molecule has 1 amide bonds. The van der Waals surface area contributed by atoms with E-state index in [0.29, 0.717) is 24.3 Å². The summed E-state index contributed by atoms with van der Waals surface area (Å²) < 4.78 is 0. The SMILES string of the molecule is CCC(CCNC(=NC)NCC(C)c1ccsc1)N1CCCC1=O.I.